The Labute approximate surface area is 125 Å². The molecular formula is C17H22N2O2. The van der Waals surface area contributed by atoms with Crippen LogP contribution in [0.25, 0.3) is 0 Å². The van der Waals surface area contributed by atoms with Crippen LogP contribution < -0.4 is 15.2 Å². The molecule has 0 aliphatic heterocycles. The fourth-order valence-electron chi connectivity index (χ4n) is 1.98. The molecule has 1 heterocycles. The third-order valence-corrected chi connectivity index (χ3v) is 3.05. The maximum Gasteiger partial charge on any atom is 0.130 e. The van der Waals surface area contributed by atoms with E-state index in [4.69, 9.17) is 15.2 Å². The van der Waals surface area contributed by atoms with E-state index in [1.165, 1.54) is 0 Å². The van der Waals surface area contributed by atoms with Crippen molar-refractivity contribution in [2.45, 2.75) is 33.4 Å². The van der Waals surface area contributed by atoms with E-state index in [0.717, 1.165) is 34.9 Å². The van der Waals surface area contributed by atoms with Crippen LogP contribution in [0.5, 0.6) is 11.5 Å². The summed E-state index contributed by atoms with van der Waals surface area (Å²) in [5.74, 6) is 1.57. The van der Waals surface area contributed by atoms with Crippen molar-refractivity contribution in [3.05, 3.63) is 53.3 Å². The molecule has 0 unspecified atom stereocenters. The van der Waals surface area contributed by atoms with Gasteiger partial charge in [0.05, 0.1) is 12.3 Å². The number of ether oxygens (including phenoxy) is 2. The van der Waals surface area contributed by atoms with Gasteiger partial charge in [-0.15, -0.1) is 0 Å². The van der Waals surface area contributed by atoms with Crippen LogP contribution in [-0.4, -0.2) is 11.6 Å². The van der Waals surface area contributed by atoms with Crippen LogP contribution in [0.15, 0.2) is 36.4 Å². The molecule has 0 spiro atoms. The minimum atomic E-state index is 0.423. The summed E-state index contributed by atoms with van der Waals surface area (Å²) in [6, 6.07) is 11.7. The maximum absolute atomic E-state index is 5.87. The first-order chi connectivity index (χ1) is 10.2. The minimum Gasteiger partial charge on any atom is -0.493 e. The van der Waals surface area contributed by atoms with Crippen molar-refractivity contribution in [3.63, 3.8) is 0 Å². The van der Waals surface area contributed by atoms with E-state index in [2.05, 4.69) is 11.9 Å². The van der Waals surface area contributed by atoms with Gasteiger partial charge < -0.3 is 15.2 Å². The van der Waals surface area contributed by atoms with Gasteiger partial charge in [-0.3, -0.25) is 4.98 Å². The average molecular weight is 286 g/mol. The molecule has 0 aliphatic rings. The minimum absolute atomic E-state index is 0.423. The number of benzene rings is 1. The van der Waals surface area contributed by atoms with Gasteiger partial charge >= 0.3 is 0 Å². The van der Waals surface area contributed by atoms with Gasteiger partial charge in [-0.25, -0.2) is 0 Å². The second-order valence-corrected chi connectivity index (χ2v) is 4.88. The highest BCUT2D eigenvalue weighted by atomic mass is 16.5. The second-order valence-electron chi connectivity index (χ2n) is 4.88. The number of nitrogens with zero attached hydrogens (tertiary/aromatic N) is 1. The van der Waals surface area contributed by atoms with Crippen LogP contribution in [0.1, 0.15) is 30.3 Å². The fourth-order valence-corrected chi connectivity index (χ4v) is 1.98. The van der Waals surface area contributed by atoms with Crippen molar-refractivity contribution in [2.75, 3.05) is 6.61 Å². The summed E-state index contributed by atoms with van der Waals surface area (Å²) in [5, 5.41) is 0. The lowest BCUT2D eigenvalue weighted by Crippen LogP contribution is -2.05. The summed E-state index contributed by atoms with van der Waals surface area (Å²) in [6.45, 7) is 5.60. The number of aryl methyl sites for hydroxylation is 1. The van der Waals surface area contributed by atoms with Gasteiger partial charge in [0.1, 0.15) is 18.1 Å². The quantitative estimate of drug-likeness (QED) is 0.849. The molecule has 0 saturated heterocycles. The Hall–Kier alpha value is -2.07. The number of nitrogens with two attached hydrogens (primary N) is 1. The van der Waals surface area contributed by atoms with E-state index in [1.54, 1.807) is 0 Å². The Morgan fingerprint density at radius 2 is 2.00 bits per heavy atom. The molecule has 4 heteroatoms. The smallest absolute Gasteiger partial charge is 0.130 e. The normalized spacial score (nSPS) is 10.4. The average Bonchev–Trinajstić information content (AvgIpc) is 2.51. The molecule has 2 rings (SSSR count). The largest absolute Gasteiger partial charge is 0.493 e. The van der Waals surface area contributed by atoms with Crippen molar-refractivity contribution in [1.82, 2.24) is 4.98 Å². The standard InChI is InChI=1S/C17H22N2O2/c1-3-9-20-16-8-7-14(11-18)17(10-16)21-12-15-6-4-5-13(2)19-15/h4-8,10H,3,9,11-12,18H2,1-2H3. The Bertz CT molecular complexity index is 585. The lowest BCUT2D eigenvalue weighted by molar-refractivity contribution is 0.289. The number of hydrogen-bond donors (Lipinski definition) is 1. The zero-order valence-electron chi connectivity index (χ0n) is 12.6. The molecule has 21 heavy (non-hydrogen) atoms. The van der Waals surface area contributed by atoms with Crippen LogP contribution >= 0.6 is 0 Å². The van der Waals surface area contributed by atoms with E-state index in [9.17, 15) is 0 Å². The second kappa shape index (κ2) is 7.64. The summed E-state index contributed by atoms with van der Waals surface area (Å²) < 4.78 is 11.5. The van der Waals surface area contributed by atoms with Crippen LogP contribution in [0.2, 0.25) is 0 Å². The lowest BCUT2D eigenvalue weighted by atomic mass is 10.2. The maximum atomic E-state index is 5.87. The first-order valence-corrected chi connectivity index (χ1v) is 7.24. The molecule has 2 N–H and O–H groups in total. The summed E-state index contributed by atoms with van der Waals surface area (Å²) in [7, 11) is 0. The highest BCUT2D eigenvalue weighted by Gasteiger charge is 2.06. The number of rotatable bonds is 7. The molecule has 0 amide bonds. The molecule has 4 nitrogen and oxygen atoms in total. The molecule has 112 valence electrons. The number of hydrogen-bond acceptors (Lipinski definition) is 4. The molecule has 1 aromatic heterocycles. The van der Waals surface area contributed by atoms with Crippen LogP contribution in [0.3, 0.4) is 0 Å². The molecule has 0 fully saturated rings. The predicted molar refractivity (Wildman–Crippen MR) is 83.4 cm³/mol. The first-order valence-electron chi connectivity index (χ1n) is 7.24. The predicted octanol–water partition coefficient (Wildman–Crippen LogP) is 3.22. The van der Waals surface area contributed by atoms with Crippen LogP contribution in [0.4, 0.5) is 0 Å². The molecule has 0 saturated carbocycles. The summed E-state index contributed by atoms with van der Waals surface area (Å²) in [5.41, 5.74) is 8.60. The highest BCUT2D eigenvalue weighted by molar-refractivity contribution is 5.40. The number of pyridine rings is 1. The number of aromatic nitrogens is 1. The molecule has 1 aromatic carbocycles. The monoisotopic (exact) mass is 286 g/mol. The van der Waals surface area contributed by atoms with Crippen molar-refractivity contribution >= 4 is 0 Å². The van der Waals surface area contributed by atoms with E-state index >= 15 is 0 Å². The van der Waals surface area contributed by atoms with E-state index in [0.29, 0.717) is 19.8 Å². The van der Waals surface area contributed by atoms with Gasteiger partial charge in [-0.2, -0.15) is 0 Å². The van der Waals surface area contributed by atoms with Gasteiger partial charge in [-0.1, -0.05) is 19.1 Å². The first kappa shape index (κ1) is 15.3. The Balaban J connectivity index is 2.09. The summed E-state index contributed by atoms with van der Waals surface area (Å²) in [6.07, 6.45) is 0.974. The van der Waals surface area contributed by atoms with Gasteiger partial charge in [0.2, 0.25) is 0 Å². The lowest BCUT2D eigenvalue weighted by Gasteiger charge is -2.13. The zero-order chi connectivity index (χ0) is 15.1. The molecule has 0 aliphatic carbocycles. The molecule has 2 aromatic rings. The zero-order valence-corrected chi connectivity index (χ0v) is 12.6. The van der Waals surface area contributed by atoms with Crippen LogP contribution in [-0.2, 0) is 13.2 Å². The SMILES string of the molecule is CCCOc1ccc(CN)c(OCc2cccc(C)n2)c1. The Morgan fingerprint density at radius 1 is 1.14 bits per heavy atom. The van der Waals surface area contributed by atoms with Gasteiger partial charge in [0.25, 0.3) is 0 Å². The molecular weight excluding hydrogens is 264 g/mol. The Kier molecular flexibility index (Phi) is 5.58. The van der Waals surface area contributed by atoms with E-state index in [-0.39, 0.29) is 0 Å². The van der Waals surface area contributed by atoms with Gasteiger partial charge in [0.15, 0.2) is 0 Å². The summed E-state index contributed by atoms with van der Waals surface area (Å²) in [4.78, 5) is 4.43. The van der Waals surface area contributed by atoms with Crippen LogP contribution in [0, 0.1) is 6.92 Å². The third-order valence-electron chi connectivity index (χ3n) is 3.05. The molecule has 0 bridgehead atoms. The van der Waals surface area contributed by atoms with Crippen molar-refractivity contribution in [2.24, 2.45) is 5.73 Å². The Morgan fingerprint density at radius 3 is 2.71 bits per heavy atom. The molecule has 0 radical (unpaired) electrons. The highest BCUT2D eigenvalue weighted by Crippen LogP contribution is 2.25. The third kappa shape index (κ3) is 4.46. The van der Waals surface area contributed by atoms with Crippen molar-refractivity contribution < 1.29 is 9.47 Å². The summed E-state index contributed by atoms with van der Waals surface area (Å²) >= 11 is 0. The van der Waals surface area contributed by atoms with Gasteiger partial charge in [-0.05, 0) is 31.5 Å². The molecule has 0 atom stereocenters. The van der Waals surface area contributed by atoms with E-state index < -0.39 is 0 Å². The topological polar surface area (TPSA) is 57.4 Å². The van der Waals surface area contributed by atoms with Crippen molar-refractivity contribution in [3.8, 4) is 11.5 Å². The fraction of sp³-hybridized carbons (Fsp3) is 0.353. The van der Waals surface area contributed by atoms with E-state index in [1.807, 2.05) is 43.3 Å². The van der Waals surface area contributed by atoms with Gasteiger partial charge in [0, 0.05) is 23.9 Å². The van der Waals surface area contributed by atoms with Crippen molar-refractivity contribution in [1.29, 1.82) is 0 Å².